The third kappa shape index (κ3) is 4.96. The fourth-order valence-electron chi connectivity index (χ4n) is 2.63. The summed E-state index contributed by atoms with van der Waals surface area (Å²) in [6, 6.07) is 11.9. The van der Waals surface area contributed by atoms with Crippen LogP contribution in [0.5, 0.6) is 17.2 Å². The van der Waals surface area contributed by atoms with E-state index in [0.29, 0.717) is 5.56 Å². The van der Waals surface area contributed by atoms with Gasteiger partial charge >= 0.3 is 11.8 Å². The summed E-state index contributed by atoms with van der Waals surface area (Å²) in [4.78, 5) is 24.0. The molecule has 0 amide bonds. The van der Waals surface area contributed by atoms with Crippen LogP contribution in [-0.2, 0) is 6.18 Å². The largest absolute Gasteiger partial charge is 0.507 e. The number of alkyl halides is 3. The SMILES string of the molecule is Cc1cc(O)c(C(=O)/C=C/c2cccc(Oc3cccc(C(F)(F)F)c3)c2)c(=O)o1. The molecule has 1 heterocycles. The number of benzene rings is 2. The quantitative estimate of drug-likeness (QED) is 0.448. The number of carbonyl (C=O) groups is 1. The highest BCUT2D eigenvalue weighted by atomic mass is 19.4. The molecule has 0 unspecified atom stereocenters. The minimum absolute atomic E-state index is 0.00390. The number of aromatic hydroxyl groups is 1. The van der Waals surface area contributed by atoms with Gasteiger partial charge in [0.25, 0.3) is 0 Å². The number of ketones is 1. The van der Waals surface area contributed by atoms with Crippen LogP contribution in [-0.4, -0.2) is 10.9 Å². The highest BCUT2D eigenvalue weighted by Gasteiger charge is 2.30. The van der Waals surface area contributed by atoms with Crippen LogP contribution in [0.2, 0.25) is 0 Å². The zero-order chi connectivity index (χ0) is 21.9. The topological polar surface area (TPSA) is 76.7 Å². The lowest BCUT2D eigenvalue weighted by atomic mass is 10.1. The molecule has 3 rings (SSSR count). The molecule has 0 aliphatic carbocycles. The fourth-order valence-corrected chi connectivity index (χ4v) is 2.63. The van der Waals surface area contributed by atoms with Gasteiger partial charge in [0.2, 0.25) is 0 Å². The van der Waals surface area contributed by atoms with Crippen LogP contribution in [0.15, 0.2) is 69.9 Å². The van der Waals surface area contributed by atoms with Gasteiger partial charge in [-0.1, -0.05) is 24.3 Å². The normalized spacial score (nSPS) is 11.6. The summed E-state index contributed by atoms with van der Waals surface area (Å²) in [7, 11) is 0. The third-order valence-corrected chi connectivity index (χ3v) is 3.98. The first-order chi connectivity index (χ1) is 14.1. The first-order valence-corrected chi connectivity index (χ1v) is 8.65. The monoisotopic (exact) mass is 416 g/mol. The molecule has 1 N–H and O–H groups in total. The number of rotatable bonds is 5. The van der Waals surface area contributed by atoms with Crippen LogP contribution < -0.4 is 10.4 Å². The lowest BCUT2D eigenvalue weighted by Gasteiger charge is -2.10. The van der Waals surface area contributed by atoms with E-state index in [1.807, 2.05) is 0 Å². The predicted molar refractivity (Wildman–Crippen MR) is 103 cm³/mol. The highest BCUT2D eigenvalue weighted by Crippen LogP contribution is 2.32. The van der Waals surface area contributed by atoms with Gasteiger partial charge in [-0.2, -0.15) is 13.2 Å². The van der Waals surface area contributed by atoms with E-state index < -0.39 is 34.5 Å². The predicted octanol–water partition coefficient (Wildman–Crippen LogP) is 5.36. The van der Waals surface area contributed by atoms with Crippen LogP contribution in [0, 0.1) is 6.92 Å². The van der Waals surface area contributed by atoms with E-state index in [9.17, 15) is 27.9 Å². The molecule has 0 aliphatic heterocycles. The van der Waals surface area contributed by atoms with Gasteiger partial charge in [0, 0.05) is 6.07 Å². The molecule has 154 valence electrons. The molecule has 0 aliphatic rings. The Morgan fingerprint density at radius 3 is 2.40 bits per heavy atom. The first-order valence-electron chi connectivity index (χ1n) is 8.65. The van der Waals surface area contributed by atoms with E-state index in [2.05, 4.69) is 0 Å². The van der Waals surface area contributed by atoms with Crippen molar-refractivity contribution >= 4 is 11.9 Å². The standard InChI is InChI=1S/C22H15F3O5/c1-13-10-19(27)20(21(28)29-13)18(26)9-8-14-4-2-6-16(11-14)30-17-7-3-5-15(12-17)22(23,24)25/h2-12,27H,1H3/b9-8+. The van der Waals surface area contributed by atoms with Crippen LogP contribution in [0.3, 0.4) is 0 Å². The van der Waals surface area contributed by atoms with Crippen molar-refractivity contribution < 1.29 is 32.2 Å². The van der Waals surface area contributed by atoms with Gasteiger partial charge in [-0.05, 0) is 48.9 Å². The van der Waals surface area contributed by atoms with Crippen molar-refractivity contribution in [1.29, 1.82) is 0 Å². The molecule has 0 bridgehead atoms. The van der Waals surface area contributed by atoms with Crippen molar-refractivity contribution in [2.24, 2.45) is 0 Å². The number of aryl methyl sites for hydroxylation is 1. The molecule has 5 nitrogen and oxygen atoms in total. The molecule has 0 spiro atoms. The second-order valence-electron chi connectivity index (χ2n) is 6.30. The van der Waals surface area contributed by atoms with Crippen molar-refractivity contribution in [3.63, 3.8) is 0 Å². The zero-order valence-corrected chi connectivity index (χ0v) is 15.6. The summed E-state index contributed by atoms with van der Waals surface area (Å²) >= 11 is 0. The maximum absolute atomic E-state index is 12.8. The van der Waals surface area contributed by atoms with Crippen LogP contribution in [0.25, 0.3) is 6.08 Å². The van der Waals surface area contributed by atoms with Crippen molar-refractivity contribution in [3.8, 4) is 17.2 Å². The van der Waals surface area contributed by atoms with Gasteiger partial charge in [-0.25, -0.2) is 4.79 Å². The fraction of sp³-hybridized carbons (Fsp3) is 0.0909. The van der Waals surface area contributed by atoms with Gasteiger partial charge in [-0.3, -0.25) is 4.79 Å². The summed E-state index contributed by atoms with van der Waals surface area (Å²) in [5.41, 5.74) is -1.79. The molecule has 0 radical (unpaired) electrons. The second-order valence-corrected chi connectivity index (χ2v) is 6.30. The summed E-state index contributed by atoms with van der Waals surface area (Å²) in [5, 5.41) is 9.81. The molecule has 3 aromatic rings. The average molecular weight is 416 g/mol. The Labute approximate surface area is 168 Å². The molecule has 0 saturated heterocycles. The van der Waals surface area contributed by atoms with Gasteiger partial charge in [-0.15, -0.1) is 0 Å². The van der Waals surface area contributed by atoms with E-state index in [0.717, 1.165) is 24.3 Å². The van der Waals surface area contributed by atoms with Crippen molar-refractivity contribution in [2.75, 3.05) is 0 Å². The number of allylic oxidation sites excluding steroid dienone is 1. The lowest BCUT2D eigenvalue weighted by molar-refractivity contribution is -0.137. The number of hydrogen-bond acceptors (Lipinski definition) is 5. The lowest BCUT2D eigenvalue weighted by Crippen LogP contribution is -2.12. The van der Waals surface area contributed by atoms with Gasteiger partial charge < -0.3 is 14.3 Å². The maximum atomic E-state index is 12.8. The number of hydrogen-bond donors (Lipinski definition) is 1. The van der Waals surface area contributed by atoms with Gasteiger partial charge in [0.1, 0.15) is 28.6 Å². The van der Waals surface area contributed by atoms with Crippen LogP contribution in [0.1, 0.15) is 27.2 Å². The minimum Gasteiger partial charge on any atom is -0.507 e. The summed E-state index contributed by atoms with van der Waals surface area (Å²) in [6.45, 7) is 1.46. The Balaban J connectivity index is 1.80. The molecule has 0 atom stereocenters. The first kappa shape index (κ1) is 20.9. The van der Waals surface area contributed by atoms with Gasteiger partial charge in [0.15, 0.2) is 5.78 Å². The molecule has 0 fully saturated rings. The van der Waals surface area contributed by atoms with Crippen molar-refractivity contribution in [3.05, 3.63) is 93.5 Å². The number of ether oxygens (including phenoxy) is 1. The Hall–Kier alpha value is -3.81. The smallest absolute Gasteiger partial charge is 0.416 e. The van der Waals surface area contributed by atoms with E-state index >= 15 is 0 Å². The Bertz CT molecular complexity index is 1180. The maximum Gasteiger partial charge on any atom is 0.416 e. The van der Waals surface area contributed by atoms with E-state index in [-0.39, 0.29) is 17.3 Å². The third-order valence-electron chi connectivity index (χ3n) is 3.98. The Kier molecular flexibility index (Phi) is 5.77. The Morgan fingerprint density at radius 1 is 1.07 bits per heavy atom. The molecule has 1 aromatic heterocycles. The molecule has 2 aromatic carbocycles. The average Bonchev–Trinajstić information content (AvgIpc) is 2.65. The Morgan fingerprint density at radius 2 is 1.73 bits per heavy atom. The van der Waals surface area contributed by atoms with E-state index in [4.69, 9.17) is 9.15 Å². The second kappa shape index (κ2) is 8.28. The highest BCUT2D eigenvalue weighted by molar-refractivity contribution is 6.08. The molecular formula is C22H15F3O5. The number of halogens is 3. The molecular weight excluding hydrogens is 401 g/mol. The molecule has 0 saturated carbocycles. The molecule has 30 heavy (non-hydrogen) atoms. The molecule has 8 heteroatoms. The minimum atomic E-state index is -4.49. The van der Waals surface area contributed by atoms with Crippen molar-refractivity contribution in [1.82, 2.24) is 0 Å². The van der Waals surface area contributed by atoms with E-state index in [1.54, 1.807) is 18.2 Å². The van der Waals surface area contributed by atoms with E-state index in [1.165, 1.54) is 31.2 Å². The summed E-state index contributed by atoms with van der Waals surface area (Å²) in [6.07, 6.45) is -2.04. The van der Waals surface area contributed by atoms with Crippen LogP contribution >= 0.6 is 0 Å². The summed E-state index contributed by atoms with van der Waals surface area (Å²) in [5.74, 6) is -0.825. The number of carbonyl (C=O) groups excluding carboxylic acids is 1. The van der Waals surface area contributed by atoms with Crippen LogP contribution in [0.4, 0.5) is 13.2 Å². The summed E-state index contributed by atoms with van der Waals surface area (Å²) < 4.78 is 48.8. The van der Waals surface area contributed by atoms with Crippen molar-refractivity contribution in [2.45, 2.75) is 13.1 Å². The zero-order valence-electron chi connectivity index (χ0n) is 15.6. The van der Waals surface area contributed by atoms with Gasteiger partial charge in [0.05, 0.1) is 5.56 Å².